The molecule has 0 radical (unpaired) electrons. The summed E-state index contributed by atoms with van der Waals surface area (Å²) in [5.74, 6) is -1.13. The van der Waals surface area contributed by atoms with E-state index in [0.717, 1.165) is 10.7 Å². The van der Waals surface area contributed by atoms with Crippen LogP contribution in [0.25, 0.3) is 0 Å². The van der Waals surface area contributed by atoms with Crippen molar-refractivity contribution < 1.29 is 9.59 Å². The molecule has 24 heavy (non-hydrogen) atoms. The molecule has 130 valence electrons. The molecule has 0 saturated heterocycles. The Hall–Kier alpha value is -2.02. The predicted molar refractivity (Wildman–Crippen MR) is 94.5 cm³/mol. The normalized spacial score (nSPS) is 11.6. The zero-order valence-corrected chi connectivity index (χ0v) is 15.9. The zero-order valence-electron chi connectivity index (χ0n) is 15.1. The molecule has 1 N–H and O–H groups in total. The van der Waals surface area contributed by atoms with E-state index < -0.39 is 11.7 Å². The number of carbonyl (C=O) groups is 2. The van der Waals surface area contributed by atoms with Gasteiger partial charge in [-0.2, -0.15) is 5.10 Å². The van der Waals surface area contributed by atoms with E-state index in [1.54, 1.807) is 36.9 Å². The minimum absolute atomic E-state index is 0.0172. The number of ketones is 1. The van der Waals surface area contributed by atoms with Crippen molar-refractivity contribution in [2.45, 2.75) is 46.5 Å². The summed E-state index contributed by atoms with van der Waals surface area (Å²) in [5.41, 5.74) is 2.72. The van der Waals surface area contributed by atoms with Gasteiger partial charge in [0.25, 0.3) is 11.7 Å². The number of thiazole rings is 1. The summed E-state index contributed by atoms with van der Waals surface area (Å²) in [4.78, 5) is 29.0. The molecular weight excluding hydrogens is 324 g/mol. The smallest absolute Gasteiger partial charge is 0.292 e. The number of nitrogens with zero attached hydrogens (tertiary/aromatic N) is 3. The number of hydrogen-bond acceptors (Lipinski definition) is 5. The van der Waals surface area contributed by atoms with Crippen molar-refractivity contribution in [2.75, 3.05) is 6.54 Å². The number of rotatable bonds is 5. The fourth-order valence-electron chi connectivity index (χ4n) is 2.35. The fourth-order valence-corrected chi connectivity index (χ4v) is 3.37. The van der Waals surface area contributed by atoms with Crippen molar-refractivity contribution in [1.29, 1.82) is 0 Å². The lowest BCUT2D eigenvalue weighted by Crippen LogP contribution is -2.33. The van der Waals surface area contributed by atoms with Crippen molar-refractivity contribution in [2.24, 2.45) is 7.05 Å². The van der Waals surface area contributed by atoms with Crippen LogP contribution in [0.1, 0.15) is 53.2 Å². The topological polar surface area (TPSA) is 76.9 Å². The highest BCUT2D eigenvalue weighted by Crippen LogP contribution is 2.23. The molecule has 0 aliphatic heterocycles. The van der Waals surface area contributed by atoms with Gasteiger partial charge in [-0.25, -0.2) is 4.98 Å². The van der Waals surface area contributed by atoms with E-state index in [0.29, 0.717) is 29.9 Å². The molecule has 2 aromatic heterocycles. The second-order valence-electron chi connectivity index (χ2n) is 6.88. The van der Waals surface area contributed by atoms with E-state index in [2.05, 4.69) is 36.2 Å². The minimum Gasteiger partial charge on any atom is -0.349 e. The Balaban J connectivity index is 1.94. The Morgan fingerprint density at radius 2 is 1.96 bits per heavy atom. The number of hydrogen-bond donors (Lipinski definition) is 1. The maximum atomic E-state index is 12.3. The van der Waals surface area contributed by atoms with Crippen molar-refractivity contribution in [3.63, 3.8) is 0 Å². The van der Waals surface area contributed by atoms with Gasteiger partial charge in [-0.3, -0.25) is 14.3 Å². The number of nitrogens with one attached hydrogen (secondary N) is 1. The third kappa shape index (κ3) is 3.90. The van der Waals surface area contributed by atoms with Crippen LogP contribution < -0.4 is 5.32 Å². The van der Waals surface area contributed by atoms with Gasteiger partial charge in [0.05, 0.1) is 22.0 Å². The third-order valence-electron chi connectivity index (χ3n) is 3.89. The summed E-state index contributed by atoms with van der Waals surface area (Å²) in [6, 6.07) is 0. The Bertz CT molecular complexity index is 768. The lowest BCUT2D eigenvalue weighted by Gasteiger charge is -2.14. The molecule has 0 aromatic carbocycles. The number of carbonyl (C=O) groups excluding carboxylic acids is 2. The maximum absolute atomic E-state index is 12.3. The lowest BCUT2D eigenvalue weighted by molar-refractivity contribution is -0.116. The molecule has 6 nitrogen and oxygen atoms in total. The predicted octanol–water partition coefficient (Wildman–Crippen LogP) is 2.33. The molecule has 0 unspecified atom stereocenters. The van der Waals surface area contributed by atoms with Gasteiger partial charge >= 0.3 is 0 Å². The van der Waals surface area contributed by atoms with E-state index in [9.17, 15) is 9.59 Å². The van der Waals surface area contributed by atoms with Crippen LogP contribution in [-0.4, -0.2) is 33.0 Å². The quantitative estimate of drug-likeness (QED) is 0.664. The molecule has 7 heteroatoms. The Labute approximate surface area is 146 Å². The molecule has 2 heterocycles. The Kier molecular flexibility index (Phi) is 5.22. The van der Waals surface area contributed by atoms with Crippen LogP contribution in [0.15, 0.2) is 5.38 Å². The fraction of sp³-hybridized carbons (Fsp3) is 0.529. The van der Waals surface area contributed by atoms with Crippen LogP contribution in [0.4, 0.5) is 0 Å². The summed E-state index contributed by atoms with van der Waals surface area (Å²) in [5, 5.41) is 9.86. The van der Waals surface area contributed by atoms with Gasteiger partial charge in [-0.05, 0) is 13.8 Å². The summed E-state index contributed by atoms with van der Waals surface area (Å²) in [6.45, 7) is 10.3. The molecule has 2 rings (SSSR count). The lowest BCUT2D eigenvalue weighted by atomic mass is 9.93. The van der Waals surface area contributed by atoms with E-state index in [-0.39, 0.29) is 5.41 Å². The number of Topliss-reactive ketones (excluding diaryl/α,β-unsaturated/α-hetero) is 1. The van der Waals surface area contributed by atoms with Crippen LogP contribution in [0.5, 0.6) is 0 Å². The van der Waals surface area contributed by atoms with Crippen molar-refractivity contribution in [3.05, 3.63) is 33.0 Å². The first-order valence-corrected chi connectivity index (χ1v) is 8.77. The van der Waals surface area contributed by atoms with Crippen molar-refractivity contribution in [3.8, 4) is 0 Å². The van der Waals surface area contributed by atoms with Gasteiger partial charge in [-0.1, -0.05) is 20.8 Å². The second kappa shape index (κ2) is 6.84. The van der Waals surface area contributed by atoms with Crippen LogP contribution >= 0.6 is 11.3 Å². The number of aromatic nitrogens is 3. The first kappa shape index (κ1) is 18.3. The van der Waals surface area contributed by atoms with Gasteiger partial charge in [0.15, 0.2) is 0 Å². The average Bonchev–Trinajstić information content (AvgIpc) is 3.04. The highest BCUT2D eigenvalue weighted by Gasteiger charge is 2.23. The molecule has 2 aromatic rings. The molecule has 1 amide bonds. The SMILES string of the molecule is Cc1nn(C)c(C)c1C(=O)C(=O)NCCc1nc(C(C)(C)C)cs1. The molecule has 0 aliphatic carbocycles. The largest absolute Gasteiger partial charge is 0.349 e. The second-order valence-corrected chi connectivity index (χ2v) is 7.82. The van der Waals surface area contributed by atoms with E-state index in [1.807, 2.05) is 5.38 Å². The van der Waals surface area contributed by atoms with E-state index >= 15 is 0 Å². The highest BCUT2D eigenvalue weighted by atomic mass is 32.1. The van der Waals surface area contributed by atoms with E-state index in [4.69, 9.17) is 0 Å². The maximum Gasteiger partial charge on any atom is 0.292 e. The standard InChI is InChI=1S/C17H24N4O2S/c1-10-14(11(2)21(6)20-10)15(22)16(23)18-8-7-13-19-12(9-24-13)17(3,4)5/h9H,7-8H2,1-6H3,(H,18,23). The molecule has 0 saturated carbocycles. The first-order chi connectivity index (χ1) is 11.1. The first-order valence-electron chi connectivity index (χ1n) is 7.89. The molecule has 0 aliphatic rings. The number of aryl methyl sites for hydroxylation is 2. The minimum atomic E-state index is -0.596. The van der Waals surface area contributed by atoms with Gasteiger partial charge in [0.2, 0.25) is 0 Å². The van der Waals surface area contributed by atoms with Gasteiger partial charge in [0.1, 0.15) is 0 Å². The van der Waals surface area contributed by atoms with Crippen LogP contribution in [-0.2, 0) is 23.7 Å². The van der Waals surface area contributed by atoms with Crippen molar-refractivity contribution >= 4 is 23.0 Å². The number of amides is 1. The Morgan fingerprint density at radius 1 is 1.29 bits per heavy atom. The zero-order chi connectivity index (χ0) is 18.1. The summed E-state index contributed by atoms with van der Waals surface area (Å²) >= 11 is 1.58. The van der Waals surface area contributed by atoms with Crippen LogP contribution in [0, 0.1) is 13.8 Å². The van der Waals surface area contributed by atoms with Crippen LogP contribution in [0.3, 0.4) is 0 Å². The molecule has 0 atom stereocenters. The summed E-state index contributed by atoms with van der Waals surface area (Å²) < 4.78 is 1.61. The van der Waals surface area contributed by atoms with Gasteiger partial charge in [0, 0.05) is 36.5 Å². The molecule has 0 fully saturated rings. The average molecular weight is 348 g/mol. The molecule has 0 spiro atoms. The molecule has 0 bridgehead atoms. The van der Waals surface area contributed by atoms with Crippen molar-refractivity contribution in [1.82, 2.24) is 20.1 Å². The van der Waals surface area contributed by atoms with E-state index in [1.165, 1.54) is 0 Å². The monoisotopic (exact) mass is 348 g/mol. The highest BCUT2D eigenvalue weighted by molar-refractivity contribution is 7.09. The van der Waals surface area contributed by atoms with Gasteiger partial charge < -0.3 is 5.32 Å². The summed E-state index contributed by atoms with van der Waals surface area (Å²) in [7, 11) is 1.76. The molecular formula is C17H24N4O2S. The van der Waals surface area contributed by atoms with Gasteiger partial charge in [-0.15, -0.1) is 11.3 Å². The Morgan fingerprint density at radius 3 is 2.46 bits per heavy atom. The summed E-state index contributed by atoms with van der Waals surface area (Å²) in [6.07, 6.45) is 0.616. The third-order valence-corrected chi connectivity index (χ3v) is 4.80. The van der Waals surface area contributed by atoms with Crippen LogP contribution in [0.2, 0.25) is 0 Å².